The van der Waals surface area contributed by atoms with E-state index in [1.165, 1.54) is 6.07 Å². The molecule has 1 unspecified atom stereocenters. The molecule has 7 heteroatoms. The van der Waals surface area contributed by atoms with E-state index >= 15 is 0 Å². The molecule has 0 spiro atoms. The summed E-state index contributed by atoms with van der Waals surface area (Å²) in [6.07, 6.45) is 2.10. The second-order valence-electron chi connectivity index (χ2n) is 8.70. The number of nitrogens with zero attached hydrogens (tertiary/aromatic N) is 3. The summed E-state index contributed by atoms with van der Waals surface area (Å²) >= 11 is 0. The van der Waals surface area contributed by atoms with Crippen molar-refractivity contribution in [2.24, 2.45) is 0 Å². The number of aromatic nitrogens is 2. The Balaban J connectivity index is 1.28. The van der Waals surface area contributed by atoms with Gasteiger partial charge in [-0.2, -0.15) is 0 Å². The van der Waals surface area contributed by atoms with Crippen molar-refractivity contribution in [1.29, 1.82) is 0 Å². The molecule has 1 aliphatic rings. The molecule has 1 amide bonds. The lowest BCUT2D eigenvalue weighted by Gasteiger charge is -2.18. The third kappa shape index (κ3) is 4.85. The van der Waals surface area contributed by atoms with E-state index in [1.54, 1.807) is 30.2 Å². The predicted octanol–water partition coefficient (Wildman–Crippen LogP) is 5.56. The third-order valence-electron chi connectivity index (χ3n) is 6.42. The second kappa shape index (κ2) is 10.2. The fourth-order valence-electron chi connectivity index (χ4n) is 4.66. The number of amides is 1. The van der Waals surface area contributed by atoms with Gasteiger partial charge in [-0.15, -0.1) is 0 Å². The number of unbranched alkanes of at least 4 members (excludes halogenated alkanes) is 1. The number of imidazole rings is 1. The van der Waals surface area contributed by atoms with Crippen molar-refractivity contribution in [3.8, 4) is 11.5 Å². The van der Waals surface area contributed by atoms with E-state index in [9.17, 15) is 9.18 Å². The van der Waals surface area contributed by atoms with Gasteiger partial charge in [0.2, 0.25) is 5.91 Å². The molecule has 1 saturated heterocycles. The van der Waals surface area contributed by atoms with Gasteiger partial charge in [0.25, 0.3) is 0 Å². The van der Waals surface area contributed by atoms with Gasteiger partial charge in [-0.05, 0) is 61.4 Å². The molecule has 0 N–H and O–H groups in total. The Kier molecular flexibility index (Phi) is 6.66. The molecular formula is C28H28FN3O3. The summed E-state index contributed by atoms with van der Waals surface area (Å²) in [7, 11) is 1.64. The van der Waals surface area contributed by atoms with E-state index in [2.05, 4.69) is 10.6 Å². The standard InChI is InChI=1S/C28H28FN3O3/c1-34-21-12-14-22(15-13-21)35-17-7-6-16-31-26-11-5-3-9-24(26)30-28(31)20-18-27(33)32(19-20)25-10-4-2-8-23(25)29/h2-5,8-15,20H,6-7,16-19H2,1H3. The number of hydrogen-bond acceptors (Lipinski definition) is 4. The van der Waals surface area contributed by atoms with Crippen LogP contribution in [0.15, 0.2) is 72.8 Å². The number of carbonyl (C=O) groups is 1. The summed E-state index contributed by atoms with van der Waals surface area (Å²) < 4.78 is 27.6. The number of ether oxygens (including phenoxy) is 2. The van der Waals surface area contributed by atoms with Gasteiger partial charge < -0.3 is 18.9 Å². The minimum absolute atomic E-state index is 0.0772. The first kappa shape index (κ1) is 22.9. The second-order valence-corrected chi connectivity index (χ2v) is 8.70. The number of aryl methyl sites for hydroxylation is 1. The summed E-state index contributed by atoms with van der Waals surface area (Å²) in [5.74, 6) is 1.95. The SMILES string of the molecule is COc1ccc(OCCCCn2c(C3CC(=O)N(c4ccccc4F)C3)nc3ccccc32)cc1. The molecule has 1 aliphatic heterocycles. The number of rotatable bonds is 9. The molecule has 35 heavy (non-hydrogen) atoms. The normalized spacial score (nSPS) is 15.7. The van der Waals surface area contributed by atoms with Gasteiger partial charge in [0.15, 0.2) is 0 Å². The van der Waals surface area contributed by atoms with Crippen LogP contribution in [-0.2, 0) is 11.3 Å². The summed E-state index contributed by atoms with van der Waals surface area (Å²) in [6.45, 7) is 1.80. The van der Waals surface area contributed by atoms with E-state index < -0.39 is 0 Å². The van der Waals surface area contributed by atoms with E-state index in [0.29, 0.717) is 25.3 Å². The molecule has 180 valence electrons. The van der Waals surface area contributed by atoms with Crippen molar-refractivity contribution < 1.29 is 18.7 Å². The molecular weight excluding hydrogens is 445 g/mol. The zero-order chi connectivity index (χ0) is 24.2. The van der Waals surface area contributed by atoms with Crippen LogP contribution in [0.25, 0.3) is 11.0 Å². The van der Waals surface area contributed by atoms with Crippen molar-refractivity contribution in [3.63, 3.8) is 0 Å². The van der Waals surface area contributed by atoms with Gasteiger partial charge in [0.1, 0.15) is 23.1 Å². The maximum atomic E-state index is 14.4. The highest BCUT2D eigenvalue weighted by atomic mass is 19.1. The van der Waals surface area contributed by atoms with Crippen LogP contribution in [0.2, 0.25) is 0 Å². The van der Waals surface area contributed by atoms with E-state index in [0.717, 1.165) is 47.7 Å². The third-order valence-corrected chi connectivity index (χ3v) is 6.42. The molecule has 0 aliphatic carbocycles. The Hall–Kier alpha value is -3.87. The zero-order valence-electron chi connectivity index (χ0n) is 19.7. The van der Waals surface area contributed by atoms with Crippen molar-refractivity contribution in [2.75, 3.05) is 25.2 Å². The first-order chi connectivity index (χ1) is 17.1. The first-order valence-electron chi connectivity index (χ1n) is 11.9. The van der Waals surface area contributed by atoms with Crippen LogP contribution >= 0.6 is 0 Å². The van der Waals surface area contributed by atoms with Crippen molar-refractivity contribution in [1.82, 2.24) is 9.55 Å². The molecule has 1 fully saturated rings. The monoisotopic (exact) mass is 473 g/mol. The Morgan fingerprint density at radius 1 is 0.971 bits per heavy atom. The van der Waals surface area contributed by atoms with Crippen LogP contribution in [0.4, 0.5) is 10.1 Å². The fraction of sp³-hybridized carbons (Fsp3) is 0.286. The van der Waals surface area contributed by atoms with Crippen LogP contribution in [0.5, 0.6) is 11.5 Å². The van der Waals surface area contributed by atoms with Crippen LogP contribution in [-0.4, -0.2) is 35.7 Å². The predicted molar refractivity (Wildman–Crippen MR) is 134 cm³/mol. The molecule has 6 nitrogen and oxygen atoms in total. The van der Waals surface area contributed by atoms with Crippen LogP contribution in [0, 0.1) is 5.82 Å². The molecule has 1 aromatic heterocycles. The summed E-state index contributed by atoms with van der Waals surface area (Å²) in [4.78, 5) is 19.2. The number of benzene rings is 3. The van der Waals surface area contributed by atoms with E-state index in [4.69, 9.17) is 14.5 Å². The zero-order valence-corrected chi connectivity index (χ0v) is 19.7. The van der Waals surface area contributed by atoms with E-state index in [-0.39, 0.29) is 17.6 Å². The van der Waals surface area contributed by atoms with Gasteiger partial charge in [0, 0.05) is 25.4 Å². The Morgan fingerprint density at radius 3 is 2.51 bits per heavy atom. The molecule has 3 aromatic carbocycles. The van der Waals surface area contributed by atoms with Gasteiger partial charge in [-0.3, -0.25) is 4.79 Å². The molecule has 1 atom stereocenters. The van der Waals surface area contributed by atoms with Gasteiger partial charge in [0.05, 0.1) is 30.4 Å². The highest BCUT2D eigenvalue weighted by Crippen LogP contribution is 2.34. The largest absolute Gasteiger partial charge is 0.497 e. The molecule has 5 rings (SSSR count). The van der Waals surface area contributed by atoms with Crippen molar-refractivity contribution >= 4 is 22.6 Å². The Morgan fingerprint density at radius 2 is 1.71 bits per heavy atom. The molecule has 0 saturated carbocycles. The number of methoxy groups -OCH3 is 1. The van der Waals surface area contributed by atoms with E-state index in [1.807, 2.05) is 42.5 Å². The number of anilines is 1. The molecule has 4 aromatic rings. The maximum Gasteiger partial charge on any atom is 0.227 e. The number of para-hydroxylation sites is 3. The highest BCUT2D eigenvalue weighted by Gasteiger charge is 2.35. The van der Waals surface area contributed by atoms with Gasteiger partial charge in [-0.25, -0.2) is 9.37 Å². The summed E-state index contributed by atoms with van der Waals surface area (Å²) in [5, 5.41) is 0. The minimum Gasteiger partial charge on any atom is -0.497 e. The lowest BCUT2D eigenvalue weighted by molar-refractivity contribution is -0.117. The maximum absolute atomic E-state index is 14.4. The molecule has 2 heterocycles. The van der Waals surface area contributed by atoms with Gasteiger partial charge >= 0.3 is 0 Å². The number of halogens is 1. The topological polar surface area (TPSA) is 56.6 Å². The lowest BCUT2D eigenvalue weighted by atomic mass is 10.1. The number of hydrogen-bond donors (Lipinski definition) is 0. The lowest BCUT2D eigenvalue weighted by Crippen LogP contribution is -2.25. The van der Waals surface area contributed by atoms with Crippen LogP contribution in [0.3, 0.4) is 0 Å². The number of fused-ring (bicyclic) bond motifs is 1. The Bertz CT molecular complexity index is 1320. The van der Waals surface area contributed by atoms with Gasteiger partial charge in [-0.1, -0.05) is 24.3 Å². The highest BCUT2D eigenvalue weighted by molar-refractivity contribution is 5.96. The summed E-state index contributed by atoms with van der Waals surface area (Å²) in [5.41, 5.74) is 2.29. The quantitative estimate of drug-likeness (QED) is 0.299. The van der Waals surface area contributed by atoms with Crippen molar-refractivity contribution in [2.45, 2.75) is 31.7 Å². The van der Waals surface area contributed by atoms with Crippen LogP contribution < -0.4 is 14.4 Å². The first-order valence-corrected chi connectivity index (χ1v) is 11.9. The fourth-order valence-corrected chi connectivity index (χ4v) is 4.66. The minimum atomic E-state index is -0.383. The van der Waals surface area contributed by atoms with Crippen molar-refractivity contribution in [3.05, 3.63) is 84.4 Å². The average Bonchev–Trinajstić information content (AvgIpc) is 3.45. The Labute approximate surface area is 203 Å². The molecule has 0 radical (unpaired) electrons. The number of carbonyl (C=O) groups excluding carboxylic acids is 1. The van der Waals surface area contributed by atoms with Crippen LogP contribution in [0.1, 0.15) is 31.0 Å². The summed E-state index contributed by atoms with van der Waals surface area (Å²) in [6, 6.07) is 22.0. The average molecular weight is 474 g/mol. The smallest absolute Gasteiger partial charge is 0.227 e. The molecule has 0 bridgehead atoms.